The van der Waals surface area contributed by atoms with Crippen molar-refractivity contribution < 1.29 is 4.74 Å². The molecule has 0 N–H and O–H groups in total. The van der Waals surface area contributed by atoms with E-state index in [0.717, 1.165) is 5.36 Å². The van der Waals surface area contributed by atoms with Crippen molar-refractivity contribution in [2.24, 2.45) is 15.0 Å². The van der Waals surface area contributed by atoms with Gasteiger partial charge in [0, 0.05) is 18.5 Å². The second kappa shape index (κ2) is 4.84. The van der Waals surface area contributed by atoms with Crippen molar-refractivity contribution in [1.82, 2.24) is 4.98 Å². The third-order valence-corrected chi connectivity index (χ3v) is 2.55. The van der Waals surface area contributed by atoms with Crippen LogP contribution in [0.1, 0.15) is 0 Å². The van der Waals surface area contributed by atoms with E-state index in [9.17, 15) is 0 Å². The van der Waals surface area contributed by atoms with Gasteiger partial charge in [0.1, 0.15) is 11.1 Å². The minimum atomic E-state index is 0.272. The maximum absolute atomic E-state index is 5.59. The van der Waals surface area contributed by atoms with E-state index in [1.165, 1.54) is 0 Å². The molecular weight excluding hydrogens is 240 g/mol. The van der Waals surface area contributed by atoms with Gasteiger partial charge in [-0.15, -0.1) is 5.73 Å². The fourth-order valence-electron chi connectivity index (χ4n) is 1.69. The number of allylic oxidation sites excluding steroid dienone is 1. The fraction of sp³-hybridized carbons (Fsp3) is 0.0714. The topological polar surface area (TPSA) is 59.2 Å². The Balaban J connectivity index is 2.18. The molecule has 3 heterocycles. The van der Waals surface area contributed by atoms with Gasteiger partial charge in [-0.05, 0) is 18.7 Å². The van der Waals surface area contributed by atoms with E-state index in [4.69, 9.17) is 4.74 Å². The van der Waals surface area contributed by atoms with Gasteiger partial charge >= 0.3 is 0 Å². The Labute approximate surface area is 109 Å². The first-order chi connectivity index (χ1) is 9.33. The van der Waals surface area contributed by atoms with Crippen LogP contribution in [0.15, 0.2) is 75.2 Å². The summed E-state index contributed by atoms with van der Waals surface area (Å²) in [6.07, 6.45) is 8.37. The van der Waals surface area contributed by atoms with Crippen LogP contribution in [0.3, 0.4) is 0 Å². The van der Waals surface area contributed by atoms with Gasteiger partial charge in [-0.2, -0.15) is 0 Å². The number of fused-ring (bicyclic) bond motifs is 1. The standard InChI is InChI=1S/C14H10N4O/c1-10-18-12-8-15-7-5-11(12)17-9-13-14(19-10)4-2-3-6-16-13/h3-8H,1,9H2. The summed E-state index contributed by atoms with van der Waals surface area (Å²) in [5.41, 5.74) is 3.65. The molecule has 0 fully saturated rings. The predicted molar refractivity (Wildman–Crippen MR) is 69.8 cm³/mol. The molecule has 1 aromatic heterocycles. The monoisotopic (exact) mass is 250 g/mol. The number of hydrogen-bond acceptors (Lipinski definition) is 5. The summed E-state index contributed by atoms with van der Waals surface area (Å²) in [4.78, 5) is 17.0. The number of aliphatic imine (C=N–C) groups is 1. The van der Waals surface area contributed by atoms with Crippen LogP contribution < -0.4 is 10.7 Å². The van der Waals surface area contributed by atoms with Crippen molar-refractivity contribution in [3.63, 3.8) is 0 Å². The Morgan fingerprint density at radius 3 is 3.21 bits per heavy atom. The third-order valence-electron chi connectivity index (χ3n) is 2.55. The lowest BCUT2D eigenvalue weighted by Gasteiger charge is -2.06. The summed E-state index contributed by atoms with van der Waals surface area (Å²) in [7, 11) is 0. The zero-order valence-corrected chi connectivity index (χ0v) is 10.1. The van der Waals surface area contributed by atoms with Crippen molar-refractivity contribution in [3.05, 3.63) is 71.0 Å². The molecule has 3 rings (SSSR count). The summed E-state index contributed by atoms with van der Waals surface area (Å²) >= 11 is 0. The fourth-order valence-corrected chi connectivity index (χ4v) is 1.69. The zero-order chi connectivity index (χ0) is 13.1. The van der Waals surface area contributed by atoms with E-state index >= 15 is 0 Å². The molecule has 0 saturated heterocycles. The average molecular weight is 250 g/mol. The Morgan fingerprint density at radius 1 is 1.32 bits per heavy atom. The van der Waals surface area contributed by atoms with Crippen LogP contribution >= 0.6 is 0 Å². The van der Waals surface area contributed by atoms with Crippen molar-refractivity contribution in [2.45, 2.75) is 0 Å². The lowest BCUT2D eigenvalue weighted by atomic mass is 10.3. The van der Waals surface area contributed by atoms with E-state index in [0.29, 0.717) is 23.4 Å². The highest BCUT2D eigenvalue weighted by atomic mass is 16.5. The molecule has 0 radical (unpaired) electrons. The van der Waals surface area contributed by atoms with Gasteiger partial charge in [-0.1, -0.05) is 0 Å². The Morgan fingerprint density at radius 2 is 2.26 bits per heavy atom. The Hall–Kier alpha value is -2.78. The number of hydrogen-bond donors (Lipinski definition) is 0. The first-order valence-electron chi connectivity index (χ1n) is 5.71. The van der Waals surface area contributed by atoms with Crippen molar-refractivity contribution in [3.8, 4) is 0 Å². The van der Waals surface area contributed by atoms with Gasteiger partial charge in [0.25, 0.3) is 0 Å². The van der Waals surface area contributed by atoms with Crippen LogP contribution in [0.5, 0.6) is 0 Å². The molecule has 0 aromatic carbocycles. The Kier molecular flexibility index (Phi) is 2.88. The van der Waals surface area contributed by atoms with E-state index in [2.05, 4.69) is 32.3 Å². The van der Waals surface area contributed by atoms with Gasteiger partial charge in [0.05, 0.1) is 18.1 Å². The quantitative estimate of drug-likeness (QED) is 0.640. The largest absolute Gasteiger partial charge is 0.437 e. The molecule has 2 aliphatic rings. The number of aromatic nitrogens is 1. The molecule has 92 valence electrons. The molecule has 0 saturated carbocycles. The lowest BCUT2D eigenvalue weighted by molar-refractivity contribution is 0.312. The highest BCUT2D eigenvalue weighted by Crippen LogP contribution is 2.15. The summed E-state index contributed by atoms with van der Waals surface area (Å²) in [6, 6.07) is 1.80. The van der Waals surface area contributed by atoms with Crippen LogP contribution in [0.2, 0.25) is 0 Å². The molecular formula is C14H10N4O. The molecule has 0 unspecified atom stereocenters. The van der Waals surface area contributed by atoms with E-state index in [1.807, 2.05) is 0 Å². The average Bonchev–Trinajstić information content (AvgIpc) is 2.59. The summed E-state index contributed by atoms with van der Waals surface area (Å²) in [5, 5.41) is 1.37. The summed E-state index contributed by atoms with van der Waals surface area (Å²) in [5.74, 6) is 0.831. The van der Waals surface area contributed by atoms with Gasteiger partial charge in [0.2, 0.25) is 5.88 Å². The third kappa shape index (κ3) is 2.41. The number of nitrogens with zero attached hydrogens (tertiary/aromatic N) is 4. The normalized spacial score (nSPS) is 16.9. The maximum atomic E-state index is 5.59. The highest BCUT2D eigenvalue weighted by Gasteiger charge is 2.09. The first kappa shape index (κ1) is 11.3. The van der Waals surface area contributed by atoms with Gasteiger partial charge in [-0.25, -0.2) is 4.99 Å². The number of pyridine rings is 1. The van der Waals surface area contributed by atoms with E-state index in [-0.39, 0.29) is 5.88 Å². The van der Waals surface area contributed by atoms with Crippen molar-refractivity contribution in [2.75, 3.05) is 6.54 Å². The molecule has 2 aliphatic heterocycles. The maximum Gasteiger partial charge on any atom is 0.212 e. The molecule has 0 bridgehead atoms. The van der Waals surface area contributed by atoms with E-state index in [1.54, 1.807) is 36.8 Å². The number of rotatable bonds is 0. The lowest BCUT2D eigenvalue weighted by Crippen LogP contribution is -2.26. The van der Waals surface area contributed by atoms with Gasteiger partial charge in [-0.3, -0.25) is 15.0 Å². The minimum absolute atomic E-state index is 0.272. The zero-order valence-electron chi connectivity index (χ0n) is 10.1. The van der Waals surface area contributed by atoms with Crippen LogP contribution in [-0.4, -0.2) is 17.7 Å². The molecule has 0 atom stereocenters. The molecule has 5 heteroatoms. The van der Waals surface area contributed by atoms with Crippen LogP contribution in [-0.2, 0) is 4.74 Å². The van der Waals surface area contributed by atoms with E-state index < -0.39 is 0 Å². The molecule has 19 heavy (non-hydrogen) atoms. The van der Waals surface area contributed by atoms with Gasteiger partial charge in [0.15, 0.2) is 5.76 Å². The predicted octanol–water partition coefficient (Wildman–Crippen LogP) is 0.830. The molecule has 5 nitrogen and oxygen atoms in total. The minimum Gasteiger partial charge on any atom is -0.437 e. The second-order valence-electron chi connectivity index (χ2n) is 3.86. The van der Waals surface area contributed by atoms with Crippen LogP contribution in [0.25, 0.3) is 0 Å². The van der Waals surface area contributed by atoms with Crippen LogP contribution in [0.4, 0.5) is 0 Å². The van der Waals surface area contributed by atoms with Crippen LogP contribution in [0, 0.1) is 0 Å². The highest BCUT2D eigenvalue weighted by molar-refractivity contribution is 5.72. The molecule has 0 spiro atoms. The summed E-state index contributed by atoms with van der Waals surface area (Å²) in [6.45, 7) is 4.18. The van der Waals surface area contributed by atoms with Crippen molar-refractivity contribution in [1.29, 1.82) is 0 Å². The van der Waals surface area contributed by atoms with Gasteiger partial charge < -0.3 is 4.74 Å². The smallest absolute Gasteiger partial charge is 0.212 e. The SMILES string of the molecule is C=C1N=c2cnccc2=NCC2=C(C=C=CC=N2)O1. The second-order valence-corrected chi connectivity index (χ2v) is 3.86. The Bertz CT molecular complexity index is 780. The summed E-state index contributed by atoms with van der Waals surface area (Å²) < 4.78 is 5.59. The molecule has 0 aliphatic carbocycles. The van der Waals surface area contributed by atoms with Crippen molar-refractivity contribution >= 4 is 6.21 Å². The molecule has 1 aromatic rings. The number of ether oxygens (including phenoxy) is 1. The molecule has 0 amide bonds. The first-order valence-corrected chi connectivity index (χ1v) is 5.71.